The SMILES string of the molecule is CNC(C)CNS(=O)(=O)c1ccc(C)cc1[N+](=O)[O-].Cl. The predicted molar refractivity (Wildman–Crippen MR) is 78.8 cm³/mol. The van der Waals surface area contributed by atoms with Crippen LogP contribution in [0.25, 0.3) is 0 Å². The van der Waals surface area contributed by atoms with Crippen LogP contribution >= 0.6 is 12.4 Å². The number of hydrogen-bond acceptors (Lipinski definition) is 5. The topological polar surface area (TPSA) is 101 Å². The highest BCUT2D eigenvalue weighted by atomic mass is 35.5. The molecule has 0 amide bonds. The summed E-state index contributed by atoms with van der Waals surface area (Å²) in [5.41, 5.74) is 0.221. The van der Waals surface area contributed by atoms with Crippen LogP contribution in [0.4, 0.5) is 5.69 Å². The smallest absolute Gasteiger partial charge is 0.289 e. The molecular weight excluding hydrogens is 306 g/mol. The quantitative estimate of drug-likeness (QED) is 0.605. The molecule has 114 valence electrons. The monoisotopic (exact) mass is 323 g/mol. The van der Waals surface area contributed by atoms with Crippen molar-refractivity contribution in [2.75, 3.05) is 13.6 Å². The molecular formula is C11H18ClN3O4S. The van der Waals surface area contributed by atoms with Gasteiger partial charge in [-0.2, -0.15) is 0 Å². The summed E-state index contributed by atoms with van der Waals surface area (Å²) in [6, 6.07) is 3.96. The highest BCUT2D eigenvalue weighted by Crippen LogP contribution is 2.24. The number of nitro groups is 1. The molecule has 1 aromatic rings. The highest BCUT2D eigenvalue weighted by molar-refractivity contribution is 7.89. The largest absolute Gasteiger partial charge is 0.316 e. The molecule has 20 heavy (non-hydrogen) atoms. The Morgan fingerprint density at radius 2 is 2.00 bits per heavy atom. The summed E-state index contributed by atoms with van der Waals surface area (Å²) in [7, 11) is -2.19. The van der Waals surface area contributed by atoms with Crippen LogP contribution in [0.2, 0.25) is 0 Å². The Balaban J connectivity index is 0.00000361. The molecule has 0 aliphatic rings. The van der Waals surface area contributed by atoms with Crippen molar-refractivity contribution in [1.29, 1.82) is 0 Å². The Hall–Kier alpha value is -1.22. The summed E-state index contributed by atoms with van der Waals surface area (Å²) in [5, 5.41) is 13.8. The van der Waals surface area contributed by atoms with Gasteiger partial charge in [-0.25, -0.2) is 13.1 Å². The van der Waals surface area contributed by atoms with Crippen LogP contribution in [-0.2, 0) is 10.0 Å². The van der Waals surface area contributed by atoms with E-state index in [1.54, 1.807) is 20.9 Å². The minimum atomic E-state index is -3.89. The molecule has 0 saturated carbocycles. The number of nitro benzene ring substituents is 1. The van der Waals surface area contributed by atoms with E-state index in [-0.39, 0.29) is 29.9 Å². The molecule has 0 radical (unpaired) electrons. The van der Waals surface area contributed by atoms with Crippen molar-refractivity contribution in [3.63, 3.8) is 0 Å². The highest BCUT2D eigenvalue weighted by Gasteiger charge is 2.25. The summed E-state index contributed by atoms with van der Waals surface area (Å²) < 4.78 is 26.4. The van der Waals surface area contributed by atoms with Gasteiger partial charge in [0.25, 0.3) is 5.69 Å². The lowest BCUT2D eigenvalue weighted by atomic mass is 10.2. The standard InChI is InChI=1S/C11H17N3O4S.ClH/c1-8-4-5-11(10(6-8)14(15)16)19(17,18)13-7-9(2)12-3;/h4-6,9,12-13H,7H2,1-3H3;1H. The average Bonchev–Trinajstić information content (AvgIpc) is 2.35. The van der Waals surface area contributed by atoms with E-state index in [2.05, 4.69) is 10.0 Å². The fourth-order valence-corrected chi connectivity index (χ4v) is 2.69. The van der Waals surface area contributed by atoms with Crippen molar-refractivity contribution >= 4 is 28.1 Å². The third-order valence-corrected chi connectivity index (χ3v) is 4.14. The van der Waals surface area contributed by atoms with Crippen LogP contribution in [0.1, 0.15) is 12.5 Å². The van der Waals surface area contributed by atoms with Gasteiger partial charge in [0.15, 0.2) is 4.90 Å². The zero-order valence-corrected chi connectivity index (χ0v) is 13.0. The van der Waals surface area contributed by atoms with Crippen LogP contribution < -0.4 is 10.0 Å². The summed E-state index contributed by atoms with van der Waals surface area (Å²) in [4.78, 5) is 9.91. The van der Waals surface area contributed by atoms with E-state index in [0.29, 0.717) is 5.56 Å². The van der Waals surface area contributed by atoms with Crippen LogP contribution in [0, 0.1) is 17.0 Å². The first kappa shape index (κ1) is 18.8. The van der Waals surface area contributed by atoms with E-state index >= 15 is 0 Å². The Labute approximate surface area is 124 Å². The van der Waals surface area contributed by atoms with Gasteiger partial charge in [0.1, 0.15) is 0 Å². The molecule has 0 bridgehead atoms. The summed E-state index contributed by atoms with van der Waals surface area (Å²) in [6.07, 6.45) is 0. The molecule has 1 unspecified atom stereocenters. The average molecular weight is 324 g/mol. The van der Waals surface area contributed by atoms with Crippen LogP contribution in [0.3, 0.4) is 0 Å². The molecule has 0 aromatic heterocycles. The predicted octanol–water partition coefficient (Wildman–Crippen LogP) is 1.21. The van der Waals surface area contributed by atoms with Crippen molar-refractivity contribution < 1.29 is 13.3 Å². The van der Waals surface area contributed by atoms with E-state index in [1.807, 2.05) is 0 Å². The second-order valence-electron chi connectivity index (χ2n) is 4.27. The fraction of sp³-hybridized carbons (Fsp3) is 0.455. The molecule has 9 heteroatoms. The molecule has 1 rings (SSSR count). The molecule has 0 saturated heterocycles. The van der Waals surface area contributed by atoms with Gasteiger partial charge in [-0.15, -0.1) is 12.4 Å². The fourth-order valence-electron chi connectivity index (χ4n) is 1.41. The van der Waals surface area contributed by atoms with Gasteiger partial charge in [-0.3, -0.25) is 10.1 Å². The first-order chi connectivity index (χ1) is 8.77. The van der Waals surface area contributed by atoms with Gasteiger partial charge < -0.3 is 5.32 Å². The summed E-state index contributed by atoms with van der Waals surface area (Å²) in [5.74, 6) is 0. The van der Waals surface area contributed by atoms with Gasteiger partial charge >= 0.3 is 0 Å². The first-order valence-electron chi connectivity index (χ1n) is 5.70. The van der Waals surface area contributed by atoms with Crippen molar-refractivity contribution in [2.45, 2.75) is 24.8 Å². The van der Waals surface area contributed by atoms with Gasteiger partial charge in [-0.1, -0.05) is 6.07 Å². The molecule has 0 aliphatic carbocycles. The lowest BCUT2D eigenvalue weighted by Gasteiger charge is -2.12. The number of benzene rings is 1. The second kappa shape index (κ2) is 7.53. The minimum Gasteiger partial charge on any atom is -0.316 e. The molecule has 1 atom stereocenters. The van der Waals surface area contributed by atoms with Crippen LogP contribution in [-0.4, -0.2) is 33.0 Å². The maximum Gasteiger partial charge on any atom is 0.289 e. The van der Waals surface area contributed by atoms with E-state index in [9.17, 15) is 18.5 Å². The third-order valence-electron chi connectivity index (χ3n) is 2.67. The van der Waals surface area contributed by atoms with Crippen molar-refractivity contribution in [3.05, 3.63) is 33.9 Å². The molecule has 0 heterocycles. The lowest BCUT2D eigenvalue weighted by molar-refractivity contribution is -0.387. The Bertz CT molecular complexity index is 577. The van der Waals surface area contributed by atoms with Gasteiger partial charge in [0.05, 0.1) is 4.92 Å². The minimum absolute atomic E-state index is 0. The first-order valence-corrected chi connectivity index (χ1v) is 7.18. The summed E-state index contributed by atoms with van der Waals surface area (Å²) >= 11 is 0. The second-order valence-corrected chi connectivity index (χ2v) is 6.01. The summed E-state index contributed by atoms with van der Waals surface area (Å²) in [6.45, 7) is 3.62. The van der Waals surface area contributed by atoms with E-state index in [1.165, 1.54) is 18.2 Å². The van der Waals surface area contributed by atoms with Crippen LogP contribution in [0.5, 0.6) is 0 Å². The molecule has 2 N–H and O–H groups in total. The Kier molecular flexibility index (Phi) is 7.07. The lowest BCUT2D eigenvalue weighted by Crippen LogP contribution is -2.37. The number of hydrogen-bond donors (Lipinski definition) is 2. The molecule has 0 fully saturated rings. The number of halogens is 1. The number of rotatable bonds is 6. The molecule has 0 spiro atoms. The van der Waals surface area contributed by atoms with Crippen molar-refractivity contribution in [2.24, 2.45) is 0 Å². The zero-order chi connectivity index (χ0) is 14.6. The van der Waals surface area contributed by atoms with E-state index in [0.717, 1.165) is 0 Å². The Morgan fingerprint density at radius 1 is 1.40 bits per heavy atom. The van der Waals surface area contributed by atoms with Gasteiger partial charge in [-0.05, 0) is 32.5 Å². The molecule has 1 aromatic carbocycles. The number of sulfonamides is 1. The number of aryl methyl sites for hydroxylation is 1. The van der Waals surface area contributed by atoms with E-state index in [4.69, 9.17) is 0 Å². The van der Waals surface area contributed by atoms with Crippen molar-refractivity contribution in [1.82, 2.24) is 10.0 Å². The normalized spacial score (nSPS) is 12.6. The number of nitrogens with zero attached hydrogens (tertiary/aromatic N) is 1. The molecule has 0 aliphatic heterocycles. The number of nitrogens with one attached hydrogen (secondary N) is 2. The van der Waals surface area contributed by atoms with E-state index < -0.39 is 20.6 Å². The third kappa shape index (κ3) is 4.71. The zero-order valence-electron chi connectivity index (χ0n) is 11.4. The van der Waals surface area contributed by atoms with Gasteiger partial charge in [0.2, 0.25) is 10.0 Å². The van der Waals surface area contributed by atoms with Crippen LogP contribution in [0.15, 0.2) is 23.1 Å². The maximum absolute atomic E-state index is 12.0. The maximum atomic E-state index is 12.0. The Morgan fingerprint density at radius 3 is 2.50 bits per heavy atom. The van der Waals surface area contributed by atoms with Gasteiger partial charge in [0, 0.05) is 18.7 Å². The number of likely N-dealkylation sites (N-methyl/N-ethyl adjacent to an activating group) is 1. The molecule has 7 nitrogen and oxygen atoms in total. The van der Waals surface area contributed by atoms with Crippen molar-refractivity contribution in [3.8, 4) is 0 Å².